The molecule has 0 aliphatic carbocycles. The van der Waals surface area contributed by atoms with Gasteiger partial charge in [0.2, 0.25) is 5.91 Å². The van der Waals surface area contributed by atoms with Crippen LogP contribution in [0.5, 0.6) is 0 Å². The lowest BCUT2D eigenvalue weighted by Gasteiger charge is -2.26. The first kappa shape index (κ1) is 20.3. The van der Waals surface area contributed by atoms with E-state index in [1.165, 1.54) is 6.07 Å². The van der Waals surface area contributed by atoms with Crippen LogP contribution in [0.1, 0.15) is 25.8 Å². The number of hydrogen-bond acceptors (Lipinski definition) is 3. The summed E-state index contributed by atoms with van der Waals surface area (Å²) in [5.41, 5.74) is 0.862. The number of carboxylic acid groups (broad SMARTS) is 1. The Labute approximate surface area is 135 Å². The molecule has 1 atom stereocenters. The van der Waals surface area contributed by atoms with Crippen molar-refractivity contribution in [1.29, 1.82) is 0 Å². The molecule has 0 aliphatic heterocycles. The lowest BCUT2D eigenvalue weighted by molar-refractivity contribution is -0.139. The molecule has 0 aliphatic rings. The molecule has 0 aromatic heterocycles. The van der Waals surface area contributed by atoms with E-state index in [-0.39, 0.29) is 24.9 Å². The van der Waals surface area contributed by atoms with Gasteiger partial charge >= 0.3 is 5.97 Å². The van der Waals surface area contributed by atoms with Gasteiger partial charge in [-0.3, -0.25) is 14.5 Å². The van der Waals surface area contributed by atoms with Crippen molar-refractivity contribution in [2.75, 3.05) is 18.4 Å². The Kier molecular flexibility index (Phi) is 8.67. The van der Waals surface area contributed by atoms with Crippen LogP contribution in [-0.2, 0) is 9.59 Å². The maximum absolute atomic E-state index is 13.4. The highest BCUT2D eigenvalue weighted by Crippen LogP contribution is 2.14. The minimum absolute atomic E-state index is 0. The van der Waals surface area contributed by atoms with E-state index in [4.69, 9.17) is 5.11 Å². The van der Waals surface area contributed by atoms with Gasteiger partial charge in [0.1, 0.15) is 5.82 Å². The van der Waals surface area contributed by atoms with Gasteiger partial charge in [-0.25, -0.2) is 4.39 Å². The Morgan fingerprint density at radius 2 is 2.05 bits per heavy atom. The third-order valence-corrected chi connectivity index (χ3v) is 3.22. The topological polar surface area (TPSA) is 69.6 Å². The zero-order valence-electron chi connectivity index (χ0n) is 12.9. The molecule has 124 valence electrons. The first-order chi connectivity index (χ1) is 9.85. The average Bonchev–Trinajstić information content (AvgIpc) is 2.41. The van der Waals surface area contributed by atoms with Gasteiger partial charge in [-0.2, -0.15) is 0 Å². The number of carbonyl (C=O) groups is 2. The fourth-order valence-electron chi connectivity index (χ4n) is 1.95. The van der Waals surface area contributed by atoms with Gasteiger partial charge in [-0.1, -0.05) is 13.0 Å². The molecule has 2 N–H and O–H groups in total. The summed E-state index contributed by atoms with van der Waals surface area (Å²) in [5.74, 6) is -1.73. The molecular formula is C15H22ClFN2O3. The van der Waals surface area contributed by atoms with Crippen LogP contribution in [-0.4, -0.2) is 41.0 Å². The summed E-state index contributed by atoms with van der Waals surface area (Å²) >= 11 is 0. The minimum Gasteiger partial charge on any atom is -0.480 e. The van der Waals surface area contributed by atoms with E-state index in [2.05, 4.69) is 5.32 Å². The Hall–Kier alpha value is -1.66. The molecule has 0 bridgehead atoms. The summed E-state index contributed by atoms with van der Waals surface area (Å²) in [7, 11) is 0. The normalized spacial score (nSPS) is 11.7. The second kappa shape index (κ2) is 9.38. The van der Waals surface area contributed by atoms with Crippen LogP contribution in [0.15, 0.2) is 18.2 Å². The van der Waals surface area contributed by atoms with Crippen molar-refractivity contribution in [2.24, 2.45) is 0 Å². The highest BCUT2D eigenvalue weighted by molar-refractivity contribution is 5.94. The molecule has 0 heterocycles. The van der Waals surface area contributed by atoms with Crippen LogP contribution >= 0.6 is 12.4 Å². The Balaban J connectivity index is 0.00000441. The number of rotatable bonds is 7. The Bertz CT molecular complexity index is 526. The first-order valence-corrected chi connectivity index (χ1v) is 6.88. The van der Waals surface area contributed by atoms with Gasteiger partial charge in [0.15, 0.2) is 0 Å². The molecule has 5 nitrogen and oxygen atoms in total. The monoisotopic (exact) mass is 332 g/mol. The van der Waals surface area contributed by atoms with Crippen molar-refractivity contribution >= 4 is 30.0 Å². The van der Waals surface area contributed by atoms with Gasteiger partial charge in [0.05, 0.1) is 12.6 Å². The number of nitrogens with one attached hydrogen (secondary N) is 1. The van der Waals surface area contributed by atoms with Crippen LogP contribution in [0.4, 0.5) is 10.1 Å². The van der Waals surface area contributed by atoms with Crippen LogP contribution in [0, 0.1) is 12.7 Å². The van der Waals surface area contributed by atoms with Crippen LogP contribution in [0.25, 0.3) is 0 Å². The molecule has 0 radical (unpaired) electrons. The number of aliphatic carboxylic acids is 1. The fourth-order valence-corrected chi connectivity index (χ4v) is 1.95. The van der Waals surface area contributed by atoms with E-state index in [1.54, 1.807) is 30.9 Å². The molecular weight excluding hydrogens is 311 g/mol. The molecule has 1 aromatic rings. The lowest BCUT2D eigenvalue weighted by Crippen LogP contribution is -2.44. The first-order valence-electron chi connectivity index (χ1n) is 6.88. The smallest absolute Gasteiger partial charge is 0.317 e. The number of carboxylic acids is 1. The SMILES string of the molecule is CCCN(CC(=O)O)C(C)C(=O)Nc1ccc(C)c(F)c1.Cl. The fraction of sp³-hybridized carbons (Fsp3) is 0.467. The van der Waals surface area contributed by atoms with E-state index >= 15 is 0 Å². The molecule has 0 spiro atoms. The molecule has 1 unspecified atom stereocenters. The lowest BCUT2D eigenvalue weighted by atomic mass is 10.2. The molecule has 1 amide bonds. The predicted molar refractivity (Wildman–Crippen MR) is 86.0 cm³/mol. The molecule has 0 fully saturated rings. The molecule has 7 heteroatoms. The van der Waals surface area contributed by atoms with E-state index in [1.807, 2.05) is 6.92 Å². The number of anilines is 1. The standard InChI is InChI=1S/C15H21FN2O3.ClH/c1-4-7-18(9-14(19)20)11(3)15(21)17-12-6-5-10(2)13(16)8-12;/h5-6,8,11H,4,7,9H2,1-3H3,(H,17,21)(H,19,20);1H. The average molecular weight is 333 g/mol. The number of carbonyl (C=O) groups excluding carboxylic acids is 1. The third-order valence-electron chi connectivity index (χ3n) is 3.22. The van der Waals surface area contributed by atoms with Crippen molar-refractivity contribution in [2.45, 2.75) is 33.2 Å². The summed E-state index contributed by atoms with van der Waals surface area (Å²) in [4.78, 5) is 24.5. The number of hydrogen-bond donors (Lipinski definition) is 2. The van der Waals surface area contributed by atoms with E-state index in [9.17, 15) is 14.0 Å². The van der Waals surface area contributed by atoms with Crippen molar-refractivity contribution in [3.63, 3.8) is 0 Å². The Morgan fingerprint density at radius 1 is 1.41 bits per heavy atom. The van der Waals surface area contributed by atoms with Crippen LogP contribution in [0.3, 0.4) is 0 Å². The quantitative estimate of drug-likeness (QED) is 0.805. The van der Waals surface area contributed by atoms with Crippen molar-refractivity contribution in [1.82, 2.24) is 4.90 Å². The van der Waals surface area contributed by atoms with Crippen LogP contribution in [0.2, 0.25) is 0 Å². The van der Waals surface area contributed by atoms with Gasteiger partial charge in [-0.15, -0.1) is 12.4 Å². The number of halogens is 2. The summed E-state index contributed by atoms with van der Waals surface area (Å²) < 4.78 is 13.4. The van der Waals surface area contributed by atoms with Crippen molar-refractivity contribution in [3.8, 4) is 0 Å². The van der Waals surface area contributed by atoms with E-state index < -0.39 is 17.8 Å². The van der Waals surface area contributed by atoms with E-state index in [0.717, 1.165) is 6.42 Å². The van der Waals surface area contributed by atoms with Crippen molar-refractivity contribution < 1.29 is 19.1 Å². The van der Waals surface area contributed by atoms with Gasteiger partial charge in [0, 0.05) is 5.69 Å². The van der Waals surface area contributed by atoms with Gasteiger partial charge < -0.3 is 10.4 Å². The number of aryl methyl sites for hydroxylation is 1. The van der Waals surface area contributed by atoms with E-state index in [0.29, 0.717) is 17.8 Å². The zero-order chi connectivity index (χ0) is 16.0. The predicted octanol–water partition coefficient (Wildman–Crippen LogP) is 2.68. The third kappa shape index (κ3) is 5.99. The number of benzene rings is 1. The highest BCUT2D eigenvalue weighted by Gasteiger charge is 2.22. The minimum atomic E-state index is -0.982. The Morgan fingerprint density at radius 3 is 2.55 bits per heavy atom. The molecule has 1 rings (SSSR count). The second-order valence-corrected chi connectivity index (χ2v) is 4.99. The summed E-state index contributed by atoms with van der Waals surface area (Å²) in [5, 5.41) is 11.5. The van der Waals surface area contributed by atoms with Gasteiger partial charge in [-0.05, 0) is 44.5 Å². The summed E-state index contributed by atoms with van der Waals surface area (Å²) in [6.45, 7) is 5.49. The molecule has 1 aromatic carbocycles. The highest BCUT2D eigenvalue weighted by atomic mass is 35.5. The van der Waals surface area contributed by atoms with Gasteiger partial charge in [0.25, 0.3) is 0 Å². The number of amides is 1. The molecule has 0 saturated carbocycles. The zero-order valence-corrected chi connectivity index (χ0v) is 13.7. The number of nitrogens with zero attached hydrogens (tertiary/aromatic N) is 1. The molecule has 0 saturated heterocycles. The largest absolute Gasteiger partial charge is 0.480 e. The molecule has 22 heavy (non-hydrogen) atoms. The maximum atomic E-state index is 13.4. The summed E-state index contributed by atoms with van der Waals surface area (Å²) in [6.07, 6.45) is 0.740. The van der Waals surface area contributed by atoms with Crippen LogP contribution < -0.4 is 5.32 Å². The second-order valence-electron chi connectivity index (χ2n) is 4.99. The maximum Gasteiger partial charge on any atom is 0.317 e. The van der Waals surface area contributed by atoms with Crippen molar-refractivity contribution in [3.05, 3.63) is 29.6 Å². The summed E-state index contributed by atoms with van der Waals surface area (Å²) in [6, 6.07) is 3.84.